The van der Waals surface area contributed by atoms with Crippen molar-refractivity contribution in [3.05, 3.63) is 41.0 Å². The van der Waals surface area contributed by atoms with Crippen molar-refractivity contribution in [3.8, 4) is 17.2 Å². The van der Waals surface area contributed by atoms with Crippen molar-refractivity contribution < 1.29 is 13.2 Å². The number of nitrogens with one attached hydrogen (secondary N) is 1. The summed E-state index contributed by atoms with van der Waals surface area (Å²) in [6, 6.07) is 6.83. The highest BCUT2D eigenvalue weighted by Crippen LogP contribution is 2.39. The van der Waals surface area contributed by atoms with Gasteiger partial charge in [-0.2, -0.15) is 22.8 Å². The Morgan fingerprint density at radius 2 is 2.05 bits per heavy atom. The molecule has 0 atom stereocenters. The van der Waals surface area contributed by atoms with Gasteiger partial charge in [0.15, 0.2) is 5.69 Å². The number of hydrogen-bond donors (Lipinski definition) is 1. The van der Waals surface area contributed by atoms with Crippen molar-refractivity contribution in [1.82, 2.24) is 9.36 Å². The third-order valence-corrected chi connectivity index (χ3v) is 3.57. The van der Waals surface area contributed by atoms with E-state index in [0.717, 1.165) is 11.5 Å². The van der Waals surface area contributed by atoms with E-state index in [4.69, 9.17) is 5.26 Å². The maximum atomic E-state index is 12.9. The molecule has 0 unspecified atom stereocenters. The fraction of sp³-hybridized carbons (Fsp3) is 0.0769. The molecule has 0 bridgehead atoms. The Balaban J connectivity index is 2.26. The Bertz CT molecular complexity index is 823. The molecule has 20 heavy (non-hydrogen) atoms. The molecular formula is C13H6F3N3S. The number of fused-ring (bicyclic) bond motifs is 1. The van der Waals surface area contributed by atoms with E-state index >= 15 is 0 Å². The van der Waals surface area contributed by atoms with Crippen LogP contribution in [0.15, 0.2) is 29.8 Å². The van der Waals surface area contributed by atoms with Crippen LogP contribution < -0.4 is 0 Å². The summed E-state index contributed by atoms with van der Waals surface area (Å²) >= 11 is 0.761. The van der Waals surface area contributed by atoms with Gasteiger partial charge in [-0.3, -0.25) is 0 Å². The van der Waals surface area contributed by atoms with Crippen molar-refractivity contribution in [2.75, 3.05) is 0 Å². The van der Waals surface area contributed by atoms with E-state index in [1.807, 2.05) is 6.07 Å². The van der Waals surface area contributed by atoms with Gasteiger partial charge in [0.25, 0.3) is 0 Å². The molecule has 7 heteroatoms. The molecule has 0 radical (unpaired) electrons. The van der Waals surface area contributed by atoms with Crippen molar-refractivity contribution in [2.24, 2.45) is 0 Å². The van der Waals surface area contributed by atoms with Gasteiger partial charge in [-0.05, 0) is 29.7 Å². The molecule has 0 spiro atoms. The van der Waals surface area contributed by atoms with Crippen LogP contribution in [0, 0.1) is 11.3 Å². The third kappa shape index (κ3) is 1.94. The number of H-pyrrole nitrogens is 1. The second kappa shape index (κ2) is 4.35. The number of aromatic nitrogens is 2. The molecule has 3 aromatic rings. The van der Waals surface area contributed by atoms with Crippen LogP contribution in [0.2, 0.25) is 0 Å². The second-order valence-electron chi connectivity index (χ2n) is 4.15. The number of rotatable bonds is 1. The van der Waals surface area contributed by atoms with Crippen molar-refractivity contribution in [2.45, 2.75) is 6.18 Å². The summed E-state index contributed by atoms with van der Waals surface area (Å²) in [5.41, 5.74) is 0.612. The first-order valence-electron chi connectivity index (χ1n) is 5.54. The zero-order chi connectivity index (χ0) is 14.3. The van der Waals surface area contributed by atoms with Gasteiger partial charge in [0.2, 0.25) is 0 Å². The van der Waals surface area contributed by atoms with E-state index in [2.05, 4.69) is 9.36 Å². The smallest absolute Gasteiger partial charge is 0.361 e. The van der Waals surface area contributed by atoms with E-state index < -0.39 is 11.9 Å². The average Bonchev–Trinajstić information content (AvgIpc) is 3.02. The lowest BCUT2D eigenvalue weighted by Crippen LogP contribution is -2.06. The summed E-state index contributed by atoms with van der Waals surface area (Å²) < 4.78 is 42.1. The molecule has 3 nitrogen and oxygen atoms in total. The minimum absolute atomic E-state index is 0.0313. The summed E-state index contributed by atoms with van der Waals surface area (Å²) in [5.74, 6) is 0. The van der Waals surface area contributed by atoms with Gasteiger partial charge in [-0.1, -0.05) is 0 Å². The number of halogens is 3. The van der Waals surface area contributed by atoms with Gasteiger partial charge in [-0.15, -0.1) is 0 Å². The van der Waals surface area contributed by atoms with Crippen molar-refractivity contribution in [3.63, 3.8) is 0 Å². The quantitative estimate of drug-likeness (QED) is 0.731. The number of benzene rings is 1. The van der Waals surface area contributed by atoms with E-state index in [1.165, 1.54) is 11.6 Å². The molecule has 1 N–H and O–H groups in total. The fourth-order valence-corrected chi connectivity index (χ4v) is 2.75. The molecule has 1 aromatic carbocycles. The lowest BCUT2D eigenvalue weighted by Gasteiger charge is -2.05. The van der Waals surface area contributed by atoms with Crippen LogP contribution in [0.1, 0.15) is 11.3 Å². The lowest BCUT2D eigenvalue weighted by molar-refractivity contribution is -0.139. The van der Waals surface area contributed by atoms with E-state index in [9.17, 15) is 13.2 Å². The average molecular weight is 293 g/mol. The Morgan fingerprint density at radius 3 is 2.75 bits per heavy atom. The third-order valence-electron chi connectivity index (χ3n) is 2.94. The summed E-state index contributed by atoms with van der Waals surface area (Å²) in [5, 5.41) is 10.8. The van der Waals surface area contributed by atoms with Crippen LogP contribution in [-0.2, 0) is 6.18 Å². The first-order chi connectivity index (χ1) is 9.50. The van der Waals surface area contributed by atoms with Gasteiger partial charge < -0.3 is 4.98 Å². The minimum Gasteiger partial charge on any atom is -0.361 e. The predicted octanol–water partition coefficient (Wildman–Crippen LogP) is 4.18. The number of hydrogen-bond acceptors (Lipinski definition) is 3. The number of nitrogens with zero attached hydrogens (tertiary/aromatic N) is 2. The van der Waals surface area contributed by atoms with Crippen LogP contribution in [0.4, 0.5) is 13.2 Å². The maximum absolute atomic E-state index is 12.9. The number of alkyl halides is 3. The van der Waals surface area contributed by atoms with Crippen molar-refractivity contribution >= 4 is 22.4 Å². The van der Waals surface area contributed by atoms with Gasteiger partial charge in [-0.25, -0.2) is 0 Å². The first kappa shape index (κ1) is 12.7. The maximum Gasteiger partial charge on any atom is 0.435 e. The Hall–Kier alpha value is -2.33. The monoisotopic (exact) mass is 293 g/mol. The van der Waals surface area contributed by atoms with Crippen LogP contribution in [0.5, 0.6) is 0 Å². The molecule has 2 heterocycles. The summed E-state index contributed by atoms with van der Waals surface area (Å²) in [7, 11) is 0. The SMILES string of the molecule is N#Cc1ccc2[nH]cc(-c3csnc3C(F)(F)F)c2c1. The van der Waals surface area contributed by atoms with Crippen LogP contribution in [0.25, 0.3) is 22.0 Å². The molecule has 2 aromatic heterocycles. The molecule has 0 aliphatic rings. The zero-order valence-electron chi connectivity index (χ0n) is 9.82. The zero-order valence-corrected chi connectivity index (χ0v) is 10.6. The van der Waals surface area contributed by atoms with E-state index in [1.54, 1.807) is 18.2 Å². The molecule has 0 aliphatic heterocycles. The molecule has 0 amide bonds. The minimum atomic E-state index is -4.49. The molecular weight excluding hydrogens is 287 g/mol. The van der Waals surface area contributed by atoms with Gasteiger partial charge in [0, 0.05) is 33.6 Å². The molecule has 0 aliphatic carbocycles. The Labute approximate surface area is 115 Å². The Morgan fingerprint density at radius 1 is 1.25 bits per heavy atom. The number of aromatic amines is 1. The van der Waals surface area contributed by atoms with E-state index in [0.29, 0.717) is 22.0 Å². The first-order valence-corrected chi connectivity index (χ1v) is 6.37. The normalized spacial score (nSPS) is 11.7. The van der Waals surface area contributed by atoms with Crippen LogP contribution >= 0.6 is 11.5 Å². The summed E-state index contributed by atoms with van der Waals surface area (Å²) in [6.45, 7) is 0. The summed E-state index contributed by atoms with van der Waals surface area (Å²) in [6.07, 6.45) is -2.99. The van der Waals surface area contributed by atoms with Gasteiger partial charge in [0.05, 0.1) is 11.6 Å². The summed E-state index contributed by atoms with van der Waals surface area (Å²) in [4.78, 5) is 2.91. The predicted molar refractivity (Wildman–Crippen MR) is 69.1 cm³/mol. The number of nitriles is 1. The molecule has 100 valence electrons. The van der Waals surface area contributed by atoms with Gasteiger partial charge in [0.1, 0.15) is 0 Å². The standard InChI is InChI=1S/C13H6F3N3S/c14-13(15,16)12-10(6-20-19-12)9-5-18-11-2-1-7(4-17)3-8(9)11/h1-3,5-6,18H. The van der Waals surface area contributed by atoms with Gasteiger partial charge >= 0.3 is 6.18 Å². The molecule has 0 saturated carbocycles. The largest absolute Gasteiger partial charge is 0.435 e. The highest BCUT2D eigenvalue weighted by molar-refractivity contribution is 7.04. The molecule has 0 fully saturated rings. The fourth-order valence-electron chi connectivity index (χ4n) is 2.05. The highest BCUT2D eigenvalue weighted by atomic mass is 32.1. The lowest BCUT2D eigenvalue weighted by atomic mass is 10.0. The second-order valence-corrected chi connectivity index (χ2v) is 4.78. The highest BCUT2D eigenvalue weighted by Gasteiger charge is 2.37. The van der Waals surface area contributed by atoms with Crippen LogP contribution in [0.3, 0.4) is 0 Å². The molecule has 3 rings (SSSR count). The topological polar surface area (TPSA) is 52.5 Å². The van der Waals surface area contributed by atoms with Crippen molar-refractivity contribution in [1.29, 1.82) is 5.26 Å². The van der Waals surface area contributed by atoms with E-state index in [-0.39, 0.29) is 5.56 Å². The van der Waals surface area contributed by atoms with Crippen LogP contribution in [-0.4, -0.2) is 9.36 Å². The molecule has 0 saturated heterocycles. The Kier molecular flexibility index (Phi) is 2.76.